The summed E-state index contributed by atoms with van der Waals surface area (Å²) in [5, 5.41) is 14.1. The summed E-state index contributed by atoms with van der Waals surface area (Å²) in [5.41, 5.74) is 3.39. The van der Waals surface area contributed by atoms with Crippen LogP contribution in [0.25, 0.3) is 11.2 Å². The standard InChI is InChI=1S/C23H27ClN8/c1-23(2,3)22-26-20(31-13-7-10-18(31)17-11-12-25-30(17)4)19-21(27-22)32(29-28-19)14-15-8-5-6-9-16(15)24/h5-6,8-9,11-12,18H,7,10,13-14H2,1-4H3. The second-order valence-electron chi connectivity index (χ2n) is 9.36. The molecule has 0 saturated carbocycles. The minimum Gasteiger partial charge on any atom is -0.346 e. The molecule has 4 heterocycles. The Morgan fingerprint density at radius 1 is 1.12 bits per heavy atom. The highest BCUT2D eigenvalue weighted by molar-refractivity contribution is 6.31. The molecule has 9 heteroatoms. The molecule has 1 fully saturated rings. The molecule has 0 aliphatic carbocycles. The first-order chi connectivity index (χ1) is 15.3. The molecule has 0 bridgehead atoms. The maximum atomic E-state index is 6.41. The van der Waals surface area contributed by atoms with Gasteiger partial charge in [0.25, 0.3) is 0 Å². The van der Waals surface area contributed by atoms with E-state index in [0.29, 0.717) is 11.6 Å². The first kappa shape index (κ1) is 20.9. The van der Waals surface area contributed by atoms with Gasteiger partial charge in [-0.15, -0.1) is 5.10 Å². The zero-order valence-corrected chi connectivity index (χ0v) is 19.6. The zero-order valence-electron chi connectivity index (χ0n) is 18.8. The fourth-order valence-electron chi connectivity index (χ4n) is 4.31. The van der Waals surface area contributed by atoms with Crippen molar-refractivity contribution in [3.63, 3.8) is 0 Å². The van der Waals surface area contributed by atoms with Crippen molar-refractivity contribution in [2.45, 2.75) is 51.6 Å². The summed E-state index contributed by atoms with van der Waals surface area (Å²) < 4.78 is 3.77. The van der Waals surface area contributed by atoms with Crippen LogP contribution in [0, 0.1) is 0 Å². The Morgan fingerprint density at radius 2 is 1.94 bits per heavy atom. The molecule has 8 nitrogen and oxygen atoms in total. The molecule has 4 aromatic rings. The van der Waals surface area contributed by atoms with E-state index in [1.54, 1.807) is 0 Å². The van der Waals surface area contributed by atoms with Gasteiger partial charge in [0.05, 0.1) is 18.3 Å². The Morgan fingerprint density at radius 3 is 2.66 bits per heavy atom. The maximum Gasteiger partial charge on any atom is 0.184 e. The van der Waals surface area contributed by atoms with Crippen molar-refractivity contribution in [1.82, 2.24) is 34.7 Å². The van der Waals surface area contributed by atoms with Gasteiger partial charge in [-0.25, -0.2) is 14.6 Å². The van der Waals surface area contributed by atoms with Crippen LogP contribution >= 0.6 is 11.6 Å². The molecule has 0 radical (unpaired) electrons. The quantitative estimate of drug-likeness (QED) is 0.461. The number of nitrogens with zero attached hydrogens (tertiary/aromatic N) is 8. The number of rotatable bonds is 4. The molecule has 1 aliphatic heterocycles. The van der Waals surface area contributed by atoms with Gasteiger partial charge >= 0.3 is 0 Å². The molecule has 1 aromatic carbocycles. The van der Waals surface area contributed by atoms with E-state index in [-0.39, 0.29) is 11.5 Å². The lowest BCUT2D eigenvalue weighted by atomic mass is 9.95. The van der Waals surface area contributed by atoms with Gasteiger partial charge in [0.1, 0.15) is 5.82 Å². The van der Waals surface area contributed by atoms with Crippen LogP contribution in [0.5, 0.6) is 0 Å². The largest absolute Gasteiger partial charge is 0.346 e. The van der Waals surface area contributed by atoms with Crippen LogP contribution in [0.2, 0.25) is 5.02 Å². The Kier molecular flexibility index (Phi) is 5.12. The molecule has 0 spiro atoms. The Balaban J connectivity index is 1.65. The minimum atomic E-state index is -0.218. The monoisotopic (exact) mass is 450 g/mol. The molecule has 0 amide bonds. The van der Waals surface area contributed by atoms with Crippen LogP contribution in [-0.2, 0) is 19.0 Å². The van der Waals surface area contributed by atoms with Gasteiger partial charge in [0.15, 0.2) is 17.0 Å². The molecular formula is C23H27ClN8. The van der Waals surface area contributed by atoms with E-state index in [1.807, 2.05) is 46.9 Å². The van der Waals surface area contributed by atoms with Crippen molar-refractivity contribution in [1.29, 1.82) is 0 Å². The zero-order chi connectivity index (χ0) is 22.5. The van der Waals surface area contributed by atoms with E-state index in [2.05, 4.69) is 47.1 Å². The van der Waals surface area contributed by atoms with E-state index >= 15 is 0 Å². The lowest BCUT2D eigenvalue weighted by Gasteiger charge is -2.27. The Bertz CT molecular complexity index is 1270. The number of benzene rings is 1. The summed E-state index contributed by atoms with van der Waals surface area (Å²) in [4.78, 5) is 12.3. The normalized spacial score (nSPS) is 16.9. The van der Waals surface area contributed by atoms with Crippen molar-refractivity contribution in [2.24, 2.45) is 7.05 Å². The number of aryl methyl sites for hydroxylation is 1. The van der Waals surface area contributed by atoms with E-state index in [9.17, 15) is 0 Å². The maximum absolute atomic E-state index is 6.41. The topological polar surface area (TPSA) is 77.6 Å². The average molecular weight is 451 g/mol. The van der Waals surface area contributed by atoms with Crippen molar-refractivity contribution >= 4 is 28.6 Å². The molecule has 0 N–H and O–H groups in total. The highest BCUT2D eigenvalue weighted by atomic mass is 35.5. The number of aromatic nitrogens is 7. The fourth-order valence-corrected chi connectivity index (χ4v) is 4.51. The van der Waals surface area contributed by atoms with Crippen LogP contribution < -0.4 is 4.90 Å². The first-order valence-corrected chi connectivity index (χ1v) is 11.3. The second kappa shape index (κ2) is 7.85. The smallest absolute Gasteiger partial charge is 0.184 e. The highest BCUT2D eigenvalue weighted by Crippen LogP contribution is 2.38. The number of fused-ring (bicyclic) bond motifs is 1. The van der Waals surface area contributed by atoms with Gasteiger partial charge in [-0.05, 0) is 30.5 Å². The highest BCUT2D eigenvalue weighted by Gasteiger charge is 2.33. The third-order valence-corrected chi connectivity index (χ3v) is 6.39. The molecule has 1 saturated heterocycles. The number of hydrogen-bond donors (Lipinski definition) is 0. The van der Waals surface area contributed by atoms with Crippen LogP contribution in [0.4, 0.5) is 5.82 Å². The molecule has 32 heavy (non-hydrogen) atoms. The van der Waals surface area contributed by atoms with Gasteiger partial charge in [-0.1, -0.05) is 55.8 Å². The summed E-state index contributed by atoms with van der Waals surface area (Å²) in [5.74, 6) is 1.62. The molecule has 3 aromatic heterocycles. The van der Waals surface area contributed by atoms with E-state index in [1.165, 1.54) is 5.69 Å². The number of anilines is 1. The van der Waals surface area contributed by atoms with Crippen molar-refractivity contribution in [2.75, 3.05) is 11.4 Å². The van der Waals surface area contributed by atoms with E-state index in [0.717, 1.165) is 47.8 Å². The van der Waals surface area contributed by atoms with Gasteiger partial charge in [-0.2, -0.15) is 5.10 Å². The van der Waals surface area contributed by atoms with Crippen LogP contribution in [-0.4, -0.2) is 41.3 Å². The lowest BCUT2D eigenvalue weighted by Crippen LogP contribution is -2.27. The predicted octanol–water partition coefficient (Wildman–Crippen LogP) is 4.30. The minimum absolute atomic E-state index is 0.196. The molecule has 166 valence electrons. The Labute approximate surface area is 192 Å². The summed E-state index contributed by atoms with van der Waals surface area (Å²) in [6.07, 6.45) is 3.98. The van der Waals surface area contributed by atoms with Crippen molar-refractivity contribution < 1.29 is 0 Å². The number of halogens is 1. The molecule has 5 rings (SSSR count). The van der Waals surface area contributed by atoms with Crippen molar-refractivity contribution in [3.8, 4) is 0 Å². The number of hydrogen-bond acceptors (Lipinski definition) is 6. The fraction of sp³-hybridized carbons (Fsp3) is 0.435. The molecule has 1 atom stereocenters. The van der Waals surface area contributed by atoms with Gasteiger partial charge in [0, 0.05) is 30.2 Å². The molecule has 1 aliphatic rings. The van der Waals surface area contributed by atoms with Crippen LogP contribution in [0.1, 0.15) is 56.7 Å². The van der Waals surface area contributed by atoms with E-state index < -0.39 is 0 Å². The molecular weight excluding hydrogens is 424 g/mol. The summed E-state index contributed by atoms with van der Waals surface area (Å²) in [6, 6.07) is 10.1. The van der Waals surface area contributed by atoms with E-state index in [4.69, 9.17) is 21.6 Å². The van der Waals surface area contributed by atoms with Gasteiger partial charge in [0.2, 0.25) is 0 Å². The summed E-state index contributed by atoms with van der Waals surface area (Å²) in [7, 11) is 1.99. The van der Waals surface area contributed by atoms with Crippen molar-refractivity contribution in [3.05, 3.63) is 58.6 Å². The third-order valence-electron chi connectivity index (χ3n) is 6.02. The SMILES string of the molecule is Cn1nccc1C1CCCN1c1nc(C(C)(C)C)nc2c1nnn2Cc1ccccc1Cl. The first-order valence-electron chi connectivity index (χ1n) is 10.9. The predicted molar refractivity (Wildman–Crippen MR) is 125 cm³/mol. The van der Waals surface area contributed by atoms with Gasteiger partial charge < -0.3 is 4.90 Å². The van der Waals surface area contributed by atoms with Crippen LogP contribution in [0.15, 0.2) is 36.5 Å². The summed E-state index contributed by atoms with van der Waals surface area (Å²) >= 11 is 6.41. The average Bonchev–Trinajstić information content (AvgIpc) is 3.48. The summed E-state index contributed by atoms with van der Waals surface area (Å²) in [6.45, 7) is 7.79. The molecule has 1 unspecified atom stereocenters. The Hall–Kier alpha value is -3.00. The third kappa shape index (κ3) is 3.62. The van der Waals surface area contributed by atoms with Gasteiger partial charge in [-0.3, -0.25) is 4.68 Å². The lowest BCUT2D eigenvalue weighted by molar-refractivity contribution is 0.542. The van der Waals surface area contributed by atoms with Crippen LogP contribution in [0.3, 0.4) is 0 Å². The second-order valence-corrected chi connectivity index (χ2v) is 9.77.